The first-order valence-electron chi connectivity index (χ1n) is 4.79. The maximum atomic E-state index is 11.0. The van der Waals surface area contributed by atoms with E-state index < -0.39 is 0 Å². The Morgan fingerprint density at radius 2 is 2.07 bits per heavy atom. The Labute approximate surface area is 100 Å². The van der Waals surface area contributed by atoms with E-state index in [4.69, 9.17) is 0 Å². The summed E-state index contributed by atoms with van der Waals surface area (Å²) < 4.78 is 4.54. The normalized spacial score (nSPS) is 13.8. The minimum Gasteiger partial charge on any atom is -0.468 e. The second kappa shape index (κ2) is 6.61. The van der Waals surface area contributed by atoms with Gasteiger partial charge in [0.2, 0.25) is 0 Å². The quantitative estimate of drug-likeness (QED) is 0.365. The Morgan fingerprint density at radius 3 is 2.50 bits per heavy atom. The molecule has 84 valence electrons. The molecule has 1 N–H and O–H groups in total. The number of nitrogens with one attached hydrogen (secondary N) is 1. The number of carbonyl (C=O) groups excluding carboxylic acids is 1. The Balaban J connectivity index is 3.50. The van der Waals surface area contributed by atoms with Crippen LogP contribution in [-0.4, -0.2) is 30.1 Å². The van der Waals surface area contributed by atoms with Crippen molar-refractivity contribution in [3.63, 3.8) is 0 Å². The van der Waals surface area contributed by atoms with Crippen LogP contribution in [0.25, 0.3) is 0 Å². The number of methoxy groups -OCH3 is 1. The molecule has 0 rings (SSSR count). The van der Waals surface area contributed by atoms with Gasteiger partial charge in [-0.1, -0.05) is 43.4 Å². The molecular weight excluding hydrogens is 293 g/mol. The van der Waals surface area contributed by atoms with E-state index in [1.165, 1.54) is 7.11 Å². The monoisotopic (exact) mass is 313 g/mol. The van der Waals surface area contributed by atoms with Crippen LogP contribution in [0.1, 0.15) is 27.2 Å². The zero-order chi connectivity index (χ0) is 11.2. The van der Waals surface area contributed by atoms with E-state index in [1.54, 1.807) is 0 Å². The van der Waals surface area contributed by atoms with Crippen LogP contribution in [0, 0.1) is 5.41 Å². The van der Waals surface area contributed by atoms with Gasteiger partial charge in [-0.3, -0.25) is 4.79 Å². The van der Waals surface area contributed by atoms with Gasteiger partial charge in [-0.2, -0.15) is 0 Å². The van der Waals surface area contributed by atoms with Gasteiger partial charge < -0.3 is 10.1 Å². The van der Waals surface area contributed by atoms with E-state index in [-0.39, 0.29) is 9.89 Å². The van der Waals surface area contributed by atoms with E-state index in [0.717, 1.165) is 13.0 Å². The highest BCUT2D eigenvalue weighted by atomic mass is 127. The second-order valence-electron chi connectivity index (χ2n) is 4.51. The molecule has 3 nitrogen and oxygen atoms in total. The number of carbonyl (C=O) groups is 1. The molecule has 0 radical (unpaired) electrons. The summed E-state index contributed by atoms with van der Waals surface area (Å²) >= 11 is 2.09. The van der Waals surface area contributed by atoms with Crippen molar-refractivity contribution in [2.24, 2.45) is 5.41 Å². The standard InChI is InChI=1S/C10H20INO2/c1-10(2,3)5-6-12-7-8(11)9(13)14-4/h8,12H,5-7H2,1-4H3. The number of halogens is 1. The highest BCUT2D eigenvalue weighted by Crippen LogP contribution is 2.16. The molecule has 0 spiro atoms. The molecule has 0 aliphatic carbocycles. The van der Waals surface area contributed by atoms with Crippen LogP contribution in [0.15, 0.2) is 0 Å². The Hall–Kier alpha value is 0.160. The molecule has 4 heteroatoms. The first-order valence-corrected chi connectivity index (χ1v) is 6.04. The Kier molecular flexibility index (Phi) is 6.68. The molecule has 0 aromatic heterocycles. The number of alkyl halides is 1. The Morgan fingerprint density at radius 1 is 1.50 bits per heavy atom. The first-order chi connectivity index (χ1) is 6.37. The van der Waals surface area contributed by atoms with Gasteiger partial charge in [0.15, 0.2) is 0 Å². The number of hydrogen-bond donors (Lipinski definition) is 1. The molecular formula is C10H20INO2. The van der Waals surface area contributed by atoms with E-state index in [0.29, 0.717) is 12.0 Å². The minimum absolute atomic E-state index is 0.0856. The van der Waals surface area contributed by atoms with E-state index in [2.05, 4.69) is 53.4 Å². The predicted molar refractivity (Wildman–Crippen MR) is 66.8 cm³/mol. The van der Waals surface area contributed by atoms with Gasteiger partial charge in [0.1, 0.15) is 3.92 Å². The van der Waals surface area contributed by atoms with Gasteiger partial charge in [0, 0.05) is 6.54 Å². The van der Waals surface area contributed by atoms with Crippen LogP contribution in [0.5, 0.6) is 0 Å². The van der Waals surface area contributed by atoms with Crippen LogP contribution < -0.4 is 5.32 Å². The largest absolute Gasteiger partial charge is 0.468 e. The first kappa shape index (κ1) is 14.2. The third-order valence-corrected chi connectivity index (χ3v) is 2.78. The summed E-state index contributed by atoms with van der Waals surface area (Å²) in [6.45, 7) is 8.24. The van der Waals surface area contributed by atoms with Crippen LogP contribution in [0.3, 0.4) is 0 Å². The van der Waals surface area contributed by atoms with Crippen LogP contribution in [0.2, 0.25) is 0 Å². The van der Waals surface area contributed by atoms with Crippen molar-refractivity contribution in [2.75, 3.05) is 20.2 Å². The molecule has 0 heterocycles. The maximum absolute atomic E-state index is 11.0. The average molecular weight is 313 g/mol. The van der Waals surface area contributed by atoms with Crippen molar-refractivity contribution in [2.45, 2.75) is 31.1 Å². The van der Waals surface area contributed by atoms with E-state index >= 15 is 0 Å². The number of esters is 1. The van der Waals surface area contributed by atoms with Crippen molar-refractivity contribution in [3.8, 4) is 0 Å². The summed E-state index contributed by atoms with van der Waals surface area (Å²) in [5, 5.41) is 3.25. The van der Waals surface area contributed by atoms with Crippen molar-refractivity contribution >= 4 is 28.6 Å². The molecule has 0 saturated carbocycles. The SMILES string of the molecule is COC(=O)C(I)CNCCC(C)(C)C. The molecule has 14 heavy (non-hydrogen) atoms. The lowest BCUT2D eigenvalue weighted by molar-refractivity contribution is -0.139. The molecule has 0 aliphatic heterocycles. The van der Waals surface area contributed by atoms with Gasteiger partial charge >= 0.3 is 5.97 Å². The summed E-state index contributed by atoms with van der Waals surface area (Å²) in [6.07, 6.45) is 1.11. The molecule has 0 bridgehead atoms. The summed E-state index contributed by atoms with van der Waals surface area (Å²) in [7, 11) is 1.42. The fraction of sp³-hybridized carbons (Fsp3) is 0.900. The average Bonchev–Trinajstić information content (AvgIpc) is 2.09. The van der Waals surface area contributed by atoms with Crippen molar-refractivity contribution in [3.05, 3.63) is 0 Å². The number of rotatable bonds is 5. The molecule has 0 aromatic rings. The van der Waals surface area contributed by atoms with Crippen LogP contribution >= 0.6 is 22.6 Å². The summed E-state index contributed by atoms with van der Waals surface area (Å²) in [6, 6.07) is 0. The summed E-state index contributed by atoms with van der Waals surface area (Å²) in [5.74, 6) is -0.158. The lowest BCUT2D eigenvalue weighted by atomic mass is 9.92. The maximum Gasteiger partial charge on any atom is 0.319 e. The van der Waals surface area contributed by atoms with Gasteiger partial charge in [-0.15, -0.1) is 0 Å². The van der Waals surface area contributed by atoms with Gasteiger partial charge in [0.05, 0.1) is 7.11 Å². The zero-order valence-electron chi connectivity index (χ0n) is 9.39. The fourth-order valence-electron chi connectivity index (χ4n) is 0.903. The van der Waals surface area contributed by atoms with Gasteiger partial charge in [0.25, 0.3) is 0 Å². The van der Waals surface area contributed by atoms with E-state index in [1.807, 2.05) is 0 Å². The zero-order valence-corrected chi connectivity index (χ0v) is 11.6. The summed E-state index contributed by atoms with van der Waals surface area (Å²) in [4.78, 5) is 11.0. The van der Waals surface area contributed by atoms with E-state index in [9.17, 15) is 4.79 Å². The molecule has 0 aromatic carbocycles. The number of ether oxygens (including phenoxy) is 1. The lowest BCUT2D eigenvalue weighted by Crippen LogP contribution is -2.31. The molecule has 0 aliphatic rings. The summed E-state index contributed by atoms with van der Waals surface area (Å²) in [5.41, 5.74) is 0.346. The third kappa shape index (κ3) is 7.55. The van der Waals surface area contributed by atoms with Crippen molar-refractivity contribution in [1.29, 1.82) is 0 Å². The second-order valence-corrected chi connectivity index (χ2v) is 6.01. The highest BCUT2D eigenvalue weighted by Gasteiger charge is 2.15. The van der Waals surface area contributed by atoms with Gasteiger partial charge in [-0.05, 0) is 18.4 Å². The molecule has 1 unspecified atom stereocenters. The molecule has 0 fully saturated rings. The molecule has 1 atom stereocenters. The van der Waals surface area contributed by atoms with Crippen molar-refractivity contribution < 1.29 is 9.53 Å². The fourth-order valence-corrected chi connectivity index (χ4v) is 1.47. The topological polar surface area (TPSA) is 38.3 Å². The lowest BCUT2D eigenvalue weighted by Gasteiger charge is -2.18. The third-order valence-electron chi connectivity index (χ3n) is 1.83. The van der Waals surface area contributed by atoms with Crippen LogP contribution in [-0.2, 0) is 9.53 Å². The molecule has 0 amide bonds. The highest BCUT2D eigenvalue weighted by molar-refractivity contribution is 14.1. The minimum atomic E-state index is -0.158. The number of hydrogen-bond acceptors (Lipinski definition) is 3. The van der Waals surface area contributed by atoms with Crippen LogP contribution in [0.4, 0.5) is 0 Å². The smallest absolute Gasteiger partial charge is 0.319 e. The van der Waals surface area contributed by atoms with Crippen molar-refractivity contribution in [1.82, 2.24) is 5.32 Å². The molecule has 0 saturated heterocycles. The Bertz CT molecular complexity index is 177. The predicted octanol–water partition coefficient (Wildman–Crippen LogP) is 1.99. The van der Waals surface area contributed by atoms with Gasteiger partial charge in [-0.25, -0.2) is 0 Å².